The van der Waals surface area contributed by atoms with Gasteiger partial charge in [-0.05, 0) is 23.6 Å². The van der Waals surface area contributed by atoms with Crippen LogP contribution in [0.5, 0.6) is 11.5 Å². The number of hydrogen-bond acceptors (Lipinski definition) is 2. The Bertz CT molecular complexity index is 824. The number of methoxy groups -OCH3 is 2. The molecule has 0 aliphatic rings. The van der Waals surface area contributed by atoms with Crippen molar-refractivity contribution in [2.75, 3.05) is 14.2 Å². The van der Waals surface area contributed by atoms with E-state index in [2.05, 4.69) is 37.3 Å². The third-order valence-electron chi connectivity index (χ3n) is 4.27. The van der Waals surface area contributed by atoms with Crippen molar-refractivity contribution in [2.45, 2.75) is 19.8 Å². The van der Waals surface area contributed by atoms with E-state index in [1.807, 2.05) is 36.4 Å². The van der Waals surface area contributed by atoms with Gasteiger partial charge < -0.3 is 9.47 Å². The summed E-state index contributed by atoms with van der Waals surface area (Å²) in [6.45, 7) is 2.16. The lowest BCUT2D eigenvalue weighted by atomic mass is 9.90. The van der Waals surface area contributed by atoms with Crippen LogP contribution in [0.25, 0.3) is 22.3 Å². The lowest BCUT2D eigenvalue weighted by Crippen LogP contribution is -2.01. The molecule has 0 aliphatic heterocycles. The summed E-state index contributed by atoms with van der Waals surface area (Å²) in [6.07, 6.45) is 1.92. The fourth-order valence-electron chi connectivity index (χ4n) is 3.17. The summed E-state index contributed by atoms with van der Waals surface area (Å²) in [5, 5.41) is 0. The lowest BCUT2D eigenvalue weighted by Gasteiger charge is -2.20. The Balaban J connectivity index is 2.36. The molecular formula is C23H23O2. The van der Waals surface area contributed by atoms with Crippen LogP contribution in [-0.4, -0.2) is 14.2 Å². The van der Waals surface area contributed by atoms with Gasteiger partial charge in [0.05, 0.1) is 14.2 Å². The van der Waals surface area contributed by atoms with Crippen molar-refractivity contribution in [2.24, 2.45) is 0 Å². The molecule has 0 saturated heterocycles. The molecule has 2 nitrogen and oxygen atoms in total. The van der Waals surface area contributed by atoms with Gasteiger partial charge in [-0.1, -0.05) is 74.0 Å². The average Bonchev–Trinajstić information content (AvgIpc) is 2.68. The molecule has 0 aliphatic carbocycles. The average molecular weight is 331 g/mol. The number of aryl methyl sites for hydroxylation is 1. The molecule has 1 radical (unpaired) electrons. The van der Waals surface area contributed by atoms with Gasteiger partial charge in [-0.15, -0.1) is 0 Å². The smallest absolute Gasteiger partial charge is 0.169 e. The Labute approximate surface area is 150 Å². The summed E-state index contributed by atoms with van der Waals surface area (Å²) in [5.41, 5.74) is 5.34. The van der Waals surface area contributed by atoms with Crippen LogP contribution >= 0.6 is 0 Å². The second kappa shape index (κ2) is 7.89. The molecule has 0 amide bonds. The summed E-state index contributed by atoms with van der Waals surface area (Å²) in [7, 11) is 3.40. The van der Waals surface area contributed by atoms with E-state index in [1.54, 1.807) is 14.2 Å². The minimum absolute atomic E-state index is 0.773. The van der Waals surface area contributed by atoms with E-state index in [4.69, 9.17) is 9.47 Å². The van der Waals surface area contributed by atoms with Crippen molar-refractivity contribution in [3.05, 3.63) is 72.3 Å². The van der Waals surface area contributed by atoms with E-state index in [1.165, 1.54) is 0 Å². The second-order valence-corrected chi connectivity index (χ2v) is 5.90. The highest BCUT2D eigenvalue weighted by molar-refractivity contribution is 5.90. The zero-order chi connectivity index (χ0) is 17.6. The van der Waals surface area contributed by atoms with Crippen LogP contribution in [0.1, 0.15) is 18.9 Å². The van der Waals surface area contributed by atoms with E-state index in [9.17, 15) is 0 Å². The largest absolute Gasteiger partial charge is 0.493 e. The monoisotopic (exact) mass is 331 g/mol. The van der Waals surface area contributed by atoms with Crippen molar-refractivity contribution in [3.8, 4) is 33.8 Å². The van der Waals surface area contributed by atoms with E-state index in [-0.39, 0.29) is 0 Å². The highest BCUT2D eigenvalue weighted by atomic mass is 16.5. The molecule has 0 atom stereocenters. The molecule has 0 aromatic heterocycles. The highest BCUT2D eigenvalue weighted by Crippen LogP contribution is 2.46. The molecule has 0 N–H and O–H groups in total. The quantitative estimate of drug-likeness (QED) is 0.569. The molecule has 0 saturated carbocycles. The van der Waals surface area contributed by atoms with Crippen LogP contribution in [0.4, 0.5) is 0 Å². The van der Waals surface area contributed by atoms with E-state index < -0.39 is 0 Å². The normalized spacial score (nSPS) is 10.5. The molecule has 25 heavy (non-hydrogen) atoms. The first-order chi connectivity index (χ1) is 12.3. The number of hydrogen-bond donors (Lipinski definition) is 0. The molecule has 127 valence electrons. The fourth-order valence-corrected chi connectivity index (χ4v) is 3.17. The first-order valence-corrected chi connectivity index (χ1v) is 8.61. The molecule has 3 rings (SSSR count). The van der Waals surface area contributed by atoms with Crippen LogP contribution in [0, 0.1) is 6.07 Å². The first-order valence-electron chi connectivity index (χ1n) is 8.61. The Morgan fingerprint density at radius 3 is 1.84 bits per heavy atom. The Kier molecular flexibility index (Phi) is 5.39. The standard InChI is InChI=1S/C23H23O2/c1-4-11-19-16-20(17-12-7-5-8-13-17)21(18-14-9-6-10-15-18)23(25-3)22(19)24-2/h5-10,12-15H,4,11H2,1-3H3. The van der Waals surface area contributed by atoms with Crippen molar-refractivity contribution in [1.29, 1.82) is 0 Å². The van der Waals surface area contributed by atoms with Crippen LogP contribution in [0.15, 0.2) is 60.7 Å². The van der Waals surface area contributed by atoms with Gasteiger partial charge in [-0.3, -0.25) is 0 Å². The summed E-state index contributed by atoms with van der Waals surface area (Å²) in [5.74, 6) is 1.55. The Morgan fingerprint density at radius 1 is 0.760 bits per heavy atom. The van der Waals surface area contributed by atoms with Gasteiger partial charge in [0.2, 0.25) is 0 Å². The SMILES string of the molecule is CCCc1[c]c(-c2ccccc2)c(-c2ccccc2)c(OC)c1OC. The zero-order valence-electron chi connectivity index (χ0n) is 15.0. The summed E-state index contributed by atoms with van der Waals surface area (Å²) < 4.78 is 11.5. The van der Waals surface area contributed by atoms with Crippen molar-refractivity contribution in [3.63, 3.8) is 0 Å². The van der Waals surface area contributed by atoms with Crippen LogP contribution in [0.3, 0.4) is 0 Å². The van der Waals surface area contributed by atoms with Gasteiger partial charge in [0.25, 0.3) is 0 Å². The van der Waals surface area contributed by atoms with Crippen LogP contribution in [-0.2, 0) is 6.42 Å². The van der Waals surface area contributed by atoms with E-state index in [0.717, 1.165) is 52.2 Å². The zero-order valence-corrected chi connectivity index (χ0v) is 15.0. The fraction of sp³-hybridized carbons (Fsp3) is 0.217. The molecule has 0 spiro atoms. The Morgan fingerprint density at radius 2 is 1.32 bits per heavy atom. The third-order valence-corrected chi connectivity index (χ3v) is 4.27. The molecule has 0 unspecified atom stereocenters. The predicted molar refractivity (Wildman–Crippen MR) is 103 cm³/mol. The summed E-state index contributed by atoms with van der Waals surface area (Å²) in [6, 6.07) is 24.2. The number of rotatable bonds is 6. The third kappa shape index (κ3) is 3.39. The van der Waals surface area contributed by atoms with Gasteiger partial charge in [-0.25, -0.2) is 0 Å². The van der Waals surface area contributed by atoms with E-state index >= 15 is 0 Å². The highest BCUT2D eigenvalue weighted by Gasteiger charge is 2.21. The molecule has 0 heterocycles. The topological polar surface area (TPSA) is 18.5 Å². The molecule has 0 bridgehead atoms. The minimum atomic E-state index is 0.773. The molecular weight excluding hydrogens is 308 g/mol. The molecule has 3 aromatic rings. The van der Waals surface area contributed by atoms with Crippen molar-refractivity contribution < 1.29 is 9.47 Å². The van der Waals surface area contributed by atoms with Crippen LogP contribution < -0.4 is 9.47 Å². The minimum Gasteiger partial charge on any atom is -0.493 e. The maximum atomic E-state index is 5.83. The maximum absolute atomic E-state index is 5.83. The lowest BCUT2D eigenvalue weighted by molar-refractivity contribution is 0.353. The first kappa shape index (κ1) is 17.1. The van der Waals surface area contributed by atoms with Gasteiger partial charge in [0.1, 0.15) is 0 Å². The number of ether oxygens (including phenoxy) is 2. The van der Waals surface area contributed by atoms with Crippen molar-refractivity contribution in [1.82, 2.24) is 0 Å². The van der Waals surface area contributed by atoms with E-state index in [0.29, 0.717) is 0 Å². The molecule has 2 heteroatoms. The second-order valence-electron chi connectivity index (χ2n) is 5.90. The summed E-state index contributed by atoms with van der Waals surface area (Å²) >= 11 is 0. The predicted octanol–water partition coefficient (Wildman–Crippen LogP) is 5.79. The van der Waals surface area contributed by atoms with Crippen molar-refractivity contribution >= 4 is 0 Å². The van der Waals surface area contributed by atoms with Gasteiger partial charge in [0.15, 0.2) is 11.5 Å². The van der Waals surface area contributed by atoms with Gasteiger partial charge in [-0.2, -0.15) is 0 Å². The van der Waals surface area contributed by atoms with Crippen LogP contribution in [0.2, 0.25) is 0 Å². The summed E-state index contributed by atoms with van der Waals surface area (Å²) in [4.78, 5) is 0. The molecule has 3 aromatic carbocycles. The number of benzene rings is 3. The molecule has 0 fully saturated rings. The van der Waals surface area contributed by atoms with Gasteiger partial charge in [0, 0.05) is 16.7 Å². The maximum Gasteiger partial charge on any atom is 0.169 e. The Hall–Kier alpha value is -2.74. The van der Waals surface area contributed by atoms with Gasteiger partial charge >= 0.3 is 0 Å².